The Labute approximate surface area is 207 Å². The first-order valence-corrected chi connectivity index (χ1v) is 12.6. The molecular weight excluding hydrogens is 477 g/mol. The van der Waals surface area contributed by atoms with Crippen LogP contribution in [0.3, 0.4) is 0 Å². The predicted octanol–water partition coefficient (Wildman–Crippen LogP) is 3.99. The van der Waals surface area contributed by atoms with Gasteiger partial charge < -0.3 is 19.4 Å². The van der Waals surface area contributed by atoms with Gasteiger partial charge in [0, 0.05) is 57.9 Å². The average molecular weight is 509 g/mol. The minimum absolute atomic E-state index is 0.0552. The maximum atomic E-state index is 14.3. The Bertz CT molecular complexity index is 1140. The van der Waals surface area contributed by atoms with E-state index in [-0.39, 0.29) is 53.8 Å². The summed E-state index contributed by atoms with van der Waals surface area (Å²) in [6.07, 6.45) is 0.360. The maximum absolute atomic E-state index is 14.3. The number of amides is 2. The van der Waals surface area contributed by atoms with Crippen molar-refractivity contribution in [3.8, 4) is 11.3 Å². The molecule has 5 rings (SSSR count). The molecule has 11 heteroatoms. The SMILES string of the molecule is CC(=O)N1CCC(Cn2cc3c(n2)-c2c(oc(C(=O)NC[C@@H]4CCCO4)c2C(F)(F)F)CC3C)CC1. The predicted molar refractivity (Wildman–Crippen MR) is 123 cm³/mol. The van der Waals surface area contributed by atoms with Crippen LogP contribution in [0, 0.1) is 5.92 Å². The fourth-order valence-electron chi connectivity index (χ4n) is 5.56. The van der Waals surface area contributed by atoms with Gasteiger partial charge in [-0.25, -0.2) is 0 Å². The Morgan fingerprint density at radius 3 is 2.61 bits per heavy atom. The third-order valence-electron chi connectivity index (χ3n) is 7.54. The van der Waals surface area contributed by atoms with Gasteiger partial charge in [0.2, 0.25) is 11.7 Å². The minimum atomic E-state index is -4.78. The number of nitrogens with zero attached hydrogens (tertiary/aromatic N) is 3. The van der Waals surface area contributed by atoms with Crippen LogP contribution >= 0.6 is 0 Å². The van der Waals surface area contributed by atoms with Gasteiger partial charge >= 0.3 is 6.18 Å². The lowest BCUT2D eigenvalue weighted by atomic mass is 9.86. The smallest absolute Gasteiger partial charge is 0.420 e. The molecule has 4 heterocycles. The second kappa shape index (κ2) is 9.57. The highest BCUT2D eigenvalue weighted by atomic mass is 19.4. The zero-order valence-corrected chi connectivity index (χ0v) is 20.5. The molecule has 0 saturated carbocycles. The van der Waals surface area contributed by atoms with E-state index >= 15 is 0 Å². The summed E-state index contributed by atoms with van der Waals surface area (Å²) >= 11 is 0. The van der Waals surface area contributed by atoms with Crippen molar-refractivity contribution in [2.24, 2.45) is 5.92 Å². The molecule has 0 radical (unpaired) electrons. The molecule has 0 spiro atoms. The summed E-state index contributed by atoms with van der Waals surface area (Å²) in [4.78, 5) is 26.2. The maximum Gasteiger partial charge on any atom is 0.420 e. The molecular formula is C25H31F3N4O4. The number of carbonyl (C=O) groups excluding carboxylic acids is 2. The number of aromatic nitrogens is 2. The number of fused-ring (bicyclic) bond motifs is 3. The number of hydrogen-bond donors (Lipinski definition) is 1. The van der Waals surface area contributed by atoms with Crippen LogP contribution < -0.4 is 5.32 Å². The lowest BCUT2D eigenvalue weighted by Gasteiger charge is -2.31. The van der Waals surface area contributed by atoms with Crippen LogP contribution in [0.25, 0.3) is 11.3 Å². The molecule has 1 aliphatic carbocycles. The molecule has 2 fully saturated rings. The van der Waals surface area contributed by atoms with Gasteiger partial charge in [-0.3, -0.25) is 14.3 Å². The average Bonchev–Trinajstić information content (AvgIpc) is 3.55. The van der Waals surface area contributed by atoms with E-state index in [1.807, 2.05) is 18.0 Å². The first kappa shape index (κ1) is 24.9. The molecule has 2 amide bonds. The van der Waals surface area contributed by atoms with Crippen molar-refractivity contribution < 1.29 is 31.9 Å². The molecule has 2 atom stereocenters. The van der Waals surface area contributed by atoms with E-state index in [1.165, 1.54) is 0 Å². The van der Waals surface area contributed by atoms with Crippen LogP contribution in [0.4, 0.5) is 13.2 Å². The Kier molecular flexibility index (Phi) is 6.61. The molecule has 2 aliphatic heterocycles. The number of ether oxygens (including phenoxy) is 1. The number of halogens is 3. The first-order chi connectivity index (χ1) is 17.1. The van der Waals surface area contributed by atoms with E-state index in [1.54, 1.807) is 11.6 Å². The van der Waals surface area contributed by atoms with Crippen LogP contribution in [0.1, 0.15) is 72.9 Å². The molecule has 196 valence electrons. The van der Waals surface area contributed by atoms with Crippen LogP contribution in [0.5, 0.6) is 0 Å². The molecule has 0 bridgehead atoms. The largest absolute Gasteiger partial charge is 0.455 e. The molecule has 2 aromatic heterocycles. The van der Waals surface area contributed by atoms with E-state index < -0.39 is 23.4 Å². The Morgan fingerprint density at radius 2 is 1.97 bits per heavy atom. The van der Waals surface area contributed by atoms with Crippen molar-refractivity contribution in [3.05, 3.63) is 28.8 Å². The number of rotatable bonds is 5. The summed E-state index contributed by atoms with van der Waals surface area (Å²) in [5.74, 6) is -1.22. The van der Waals surface area contributed by atoms with E-state index in [0.717, 1.165) is 31.2 Å². The van der Waals surface area contributed by atoms with E-state index in [2.05, 4.69) is 10.4 Å². The number of alkyl halides is 3. The molecule has 2 saturated heterocycles. The van der Waals surface area contributed by atoms with Crippen molar-refractivity contribution in [2.45, 2.75) is 70.7 Å². The number of hydrogen-bond acceptors (Lipinski definition) is 5. The standard InChI is InChI=1S/C25H31F3N4O4/c1-14-10-19-20(21(25(26,27)28)23(36-19)24(34)29-11-17-4-3-9-35-17)22-18(14)13-32(30-22)12-16-5-7-31(8-6-16)15(2)33/h13-14,16-17H,3-12H2,1-2H3,(H,29,34)/t14?,17-/m0/s1. The van der Waals surface area contributed by atoms with Crippen LogP contribution in [-0.2, 0) is 28.7 Å². The highest BCUT2D eigenvalue weighted by Crippen LogP contribution is 2.48. The van der Waals surface area contributed by atoms with Gasteiger partial charge in [0.15, 0.2) is 0 Å². The normalized spacial score (nSPS) is 22.4. The lowest BCUT2D eigenvalue weighted by Crippen LogP contribution is -2.38. The van der Waals surface area contributed by atoms with Crippen LogP contribution in [0.2, 0.25) is 0 Å². The van der Waals surface area contributed by atoms with Crippen LogP contribution in [0.15, 0.2) is 10.6 Å². The first-order valence-electron chi connectivity index (χ1n) is 12.6. The van der Waals surface area contributed by atoms with Gasteiger partial charge in [-0.2, -0.15) is 18.3 Å². The Balaban J connectivity index is 1.42. The van der Waals surface area contributed by atoms with Crippen molar-refractivity contribution >= 4 is 11.8 Å². The molecule has 2 aromatic rings. The second-order valence-corrected chi connectivity index (χ2v) is 10.2. The van der Waals surface area contributed by atoms with Gasteiger partial charge in [-0.05, 0) is 37.5 Å². The third kappa shape index (κ3) is 4.77. The second-order valence-electron chi connectivity index (χ2n) is 10.2. The van der Waals surface area contributed by atoms with Crippen molar-refractivity contribution in [3.63, 3.8) is 0 Å². The Hall–Kier alpha value is -2.82. The molecule has 8 nitrogen and oxygen atoms in total. The summed E-state index contributed by atoms with van der Waals surface area (Å²) in [6.45, 7) is 6.11. The van der Waals surface area contributed by atoms with E-state index in [9.17, 15) is 22.8 Å². The monoisotopic (exact) mass is 508 g/mol. The minimum Gasteiger partial charge on any atom is -0.455 e. The summed E-state index contributed by atoms with van der Waals surface area (Å²) in [6, 6.07) is 0. The van der Waals surface area contributed by atoms with Crippen LogP contribution in [-0.4, -0.2) is 58.8 Å². The van der Waals surface area contributed by atoms with Crippen molar-refractivity contribution in [1.82, 2.24) is 20.0 Å². The van der Waals surface area contributed by atoms with Gasteiger partial charge in [0.25, 0.3) is 5.91 Å². The summed E-state index contributed by atoms with van der Waals surface area (Å²) in [5.41, 5.74) is -0.223. The number of piperidine rings is 1. The fourth-order valence-corrected chi connectivity index (χ4v) is 5.56. The molecule has 3 aliphatic rings. The molecule has 1 unspecified atom stereocenters. The van der Waals surface area contributed by atoms with Gasteiger partial charge in [-0.15, -0.1) is 0 Å². The van der Waals surface area contributed by atoms with E-state index in [0.29, 0.717) is 26.2 Å². The van der Waals surface area contributed by atoms with E-state index in [4.69, 9.17) is 9.15 Å². The fraction of sp³-hybridized carbons (Fsp3) is 0.640. The van der Waals surface area contributed by atoms with Gasteiger partial charge in [0.05, 0.1) is 17.4 Å². The third-order valence-corrected chi connectivity index (χ3v) is 7.54. The van der Waals surface area contributed by atoms with Crippen molar-refractivity contribution in [1.29, 1.82) is 0 Å². The lowest BCUT2D eigenvalue weighted by molar-refractivity contribution is -0.138. The topological polar surface area (TPSA) is 89.6 Å². The molecule has 1 N–H and O–H groups in total. The summed E-state index contributed by atoms with van der Waals surface area (Å²) in [5, 5.41) is 7.13. The number of carbonyl (C=O) groups is 2. The molecule has 0 aromatic carbocycles. The zero-order chi connectivity index (χ0) is 25.6. The number of furan rings is 1. The van der Waals surface area contributed by atoms with Crippen molar-refractivity contribution in [2.75, 3.05) is 26.2 Å². The highest BCUT2D eigenvalue weighted by molar-refractivity contribution is 5.96. The summed E-state index contributed by atoms with van der Waals surface area (Å²) < 4.78 is 55.7. The summed E-state index contributed by atoms with van der Waals surface area (Å²) in [7, 11) is 0. The van der Waals surface area contributed by atoms with Gasteiger partial charge in [0.1, 0.15) is 11.3 Å². The molecule has 36 heavy (non-hydrogen) atoms. The zero-order valence-electron chi connectivity index (χ0n) is 20.5. The number of likely N-dealkylation sites (tertiary alicyclic amines) is 1. The quantitative estimate of drug-likeness (QED) is 0.660. The number of nitrogens with one attached hydrogen (secondary N) is 1. The van der Waals surface area contributed by atoms with Gasteiger partial charge in [-0.1, -0.05) is 6.92 Å². The Morgan fingerprint density at radius 1 is 1.22 bits per heavy atom. The highest BCUT2D eigenvalue weighted by Gasteiger charge is 2.46.